The Kier molecular flexibility index (Phi) is 3.02. The van der Waals surface area contributed by atoms with Crippen LogP contribution in [0.3, 0.4) is 0 Å². The van der Waals surface area contributed by atoms with Crippen LogP contribution < -0.4 is 4.90 Å². The van der Waals surface area contributed by atoms with Crippen LogP contribution in [0.1, 0.15) is 10.4 Å². The third-order valence-corrected chi connectivity index (χ3v) is 3.60. The van der Waals surface area contributed by atoms with Gasteiger partial charge in [0.05, 0.1) is 24.2 Å². The van der Waals surface area contributed by atoms with Crippen LogP contribution in [0.5, 0.6) is 0 Å². The maximum atomic E-state index is 13.4. The van der Waals surface area contributed by atoms with Crippen LogP contribution in [0.4, 0.5) is 14.5 Å². The zero-order valence-corrected chi connectivity index (χ0v) is 10.8. The number of carboxylic acid groups (broad SMARTS) is 1. The molecule has 5 nitrogen and oxygen atoms in total. The summed E-state index contributed by atoms with van der Waals surface area (Å²) < 4.78 is 26.8. The van der Waals surface area contributed by atoms with Gasteiger partial charge >= 0.3 is 5.97 Å². The average molecular weight is 294 g/mol. The van der Waals surface area contributed by atoms with Crippen molar-refractivity contribution < 1.29 is 23.8 Å². The topological polar surface area (TPSA) is 73.7 Å². The highest BCUT2D eigenvalue weighted by Gasteiger charge is 2.47. The summed E-state index contributed by atoms with van der Waals surface area (Å²) in [4.78, 5) is 16.6. The number of fused-ring (bicyclic) bond motifs is 1. The summed E-state index contributed by atoms with van der Waals surface area (Å²) in [5, 5.41) is 18.9. The van der Waals surface area contributed by atoms with Gasteiger partial charge in [0.15, 0.2) is 0 Å². The Morgan fingerprint density at radius 1 is 1.38 bits per heavy atom. The standard InChI is InChI=1S/C14H12F2N2O3/c15-14(16)7-18(6-12(14)19)8-1-2-11-10(5-8)9(13(20)21)3-4-17-11/h1-5,12,19H,6-7H2,(H,20,21). The summed E-state index contributed by atoms with van der Waals surface area (Å²) in [6.45, 7) is -0.788. The van der Waals surface area contributed by atoms with Gasteiger partial charge in [0.1, 0.15) is 6.10 Å². The van der Waals surface area contributed by atoms with E-state index in [1.54, 1.807) is 12.1 Å². The highest BCUT2D eigenvalue weighted by atomic mass is 19.3. The van der Waals surface area contributed by atoms with Gasteiger partial charge < -0.3 is 15.1 Å². The quantitative estimate of drug-likeness (QED) is 0.882. The summed E-state index contributed by atoms with van der Waals surface area (Å²) in [5.74, 6) is -4.27. The van der Waals surface area contributed by atoms with E-state index in [9.17, 15) is 18.7 Å². The molecule has 2 N–H and O–H groups in total. The molecule has 0 saturated carbocycles. The van der Waals surface area contributed by atoms with Crippen LogP contribution in [0, 0.1) is 0 Å². The summed E-state index contributed by atoms with van der Waals surface area (Å²) in [6, 6.07) is 6.05. The molecule has 0 bridgehead atoms. The molecule has 0 aliphatic carbocycles. The Morgan fingerprint density at radius 2 is 2.14 bits per heavy atom. The van der Waals surface area contributed by atoms with Crippen molar-refractivity contribution in [1.82, 2.24) is 4.98 Å². The Hall–Kier alpha value is -2.28. The molecule has 2 aromatic rings. The number of carbonyl (C=O) groups is 1. The van der Waals surface area contributed by atoms with E-state index in [2.05, 4.69) is 4.98 Å². The molecule has 3 rings (SSSR count). The number of aliphatic hydroxyl groups excluding tert-OH is 1. The zero-order chi connectivity index (χ0) is 15.2. The van der Waals surface area contributed by atoms with Crippen LogP contribution >= 0.6 is 0 Å². The second-order valence-electron chi connectivity index (χ2n) is 5.02. The molecule has 1 saturated heterocycles. The van der Waals surface area contributed by atoms with E-state index in [4.69, 9.17) is 5.11 Å². The summed E-state index contributed by atoms with van der Waals surface area (Å²) in [7, 11) is 0. The van der Waals surface area contributed by atoms with Crippen molar-refractivity contribution in [3.8, 4) is 0 Å². The number of benzene rings is 1. The largest absolute Gasteiger partial charge is 0.478 e. The molecule has 1 unspecified atom stereocenters. The van der Waals surface area contributed by atoms with Crippen molar-refractivity contribution in [3.05, 3.63) is 36.0 Å². The number of β-amino-alcohol motifs (C(OH)–C–C–N with tert-alkyl or cyclic N) is 1. The van der Waals surface area contributed by atoms with Crippen LogP contribution in [-0.4, -0.2) is 46.3 Å². The van der Waals surface area contributed by atoms with Gasteiger partial charge in [-0.05, 0) is 24.3 Å². The first-order valence-corrected chi connectivity index (χ1v) is 6.31. The number of hydrogen-bond acceptors (Lipinski definition) is 4. The average Bonchev–Trinajstić information content (AvgIpc) is 2.71. The third kappa shape index (κ3) is 2.29. The highest BCUT2D eigenvalue weighted by Crippen LogP contribution is 2.33. The van der Waals surface area contributed by atoms with E-state index in [-0.39, 0.29) is 12.1 Å². The fraction of sp³-hybridized carbons (Fsp3) is 0.286. The molecular formula is C14H12F2N2O3. The molecule has 110 valence electrons. The Labute approximate surface area is 118 Å². The van der Waals surface area contributed by atoms with Crippen LogP contribution in [-0.2, 0) is 0 Å². The van der Waals surface area contributed by atoms with E-state index in [0.717, 1.165) is 0 Å². The highest BCUT2D eigenvalue weighted by molar-refractivity contribution is 6.03. The van der Waals surface area contributed by atoms with Gasteiger partial charge in [-0.3, -0.25) is 4.98 Å². The van der Waals surface area contributed by atoms with Gasteiger partial charge in [-0.25, -0.2) is 13.6 Å². The van der Waals surface area contributed by atoms with Crippen molar-refractivity contribution >= 4 is 22.6 Å². The zero-order valence-electron chi connectivity index (χ0n) is 10.8. The number of aromatic carboxylic acids is 1. The van der Waals surface area contributed by atoms with Crippen LogP contribution in [0.2, 0.25) is 0 Å². The fourth-order valence-corrected chi connectivity index (χ4v) is 2.48. The first-order chi connectivity index (χ1) is 9.88. The monoisotopic (exact) mass is 294 g/mol. The lowest BCUT2D eigenvalue weighted by Crippen LogP contribution is -2.31. The molecule has 1 atom stereocenters. The molecule has 7 heteroatoms. The number of hydrogen-bond donors (Lipinski definition) is 2. The van der Waals surface area contributed by atoms with Gasteiger partial charge in [0.25, 0.3) is 5.92 Å². The number of anilines is 1. The molecule has 0 spiro atoms. The van der Waals surface area contributed by atoms with Crippen molar-refractivity contribution in [2.45, 2.75) is 12.0 Å². The van der Waals surface area contributed by atoms with E-state index in [0.29, 0.717) is 16.6 Å². The lowest BCUT2D eigenvalue weighted by atomic mass is 10.1. The first-order valence-electron chi connectivity index (χ1n) is 6.31. The Balaban J connectivity index is 2.06. The lowest BCUT2D eigenvalue weighted by molar-refractivity contribution is -0.0712. The Bertz CT molecular complexity index is 720. The van der Waals surface area contributed by atoms with E-state index in [1.807, 2.05) is 0 Å². The van der Waals surface area contributed by atoms with Crippen LogP contribution in [0.25, 0.3) is 10.9 Å². The number of aliphatic hydroxyl groups is 1. The molecule has 1 aliphatic rings. The van der Waals surface area contributed by atoms with E-state index >= 15 is 0 Å². The molecular weight excluding hydrogens is 282 g/mol. The molecule has 1 aliphatic heterocycles. The van der Waals surface area contributed by atoms with E-state index < -0.39 is 24.5 Å². The first kappa shape index (κ1) is 13.7. The van der Waals surface area contributed by atoms with Crippen LogP contribution in [0.15, 0.2) is 30.5 Å². The number of nitrogens with zero attached hydrogens (tertiary/aromatic N) is 2. The summed E-state index contributed by atoms with van der Waals surface area (Å²) in [5.41, 5.74) is 0.979. The number of halogens is 2. The van der Waals surface area contributed by atoms with Gasteiger partial charge in [-0.15, -0.1) is 0 Å². The second-order valence-corrected chi connectivity index (χ2v) is 5.02. The minimum Gasteiger partial charge on any atom is -0.478 e. The van der Waals surface area contributed by atoms with Crippen molar-refractivity contribution in [2.75, 3.05) is 18.0 Å². The molecule has 0 radical (unpaired) electrons. The Morgan fingerprint density at radius 3 is 2.76 bits per heavy atom. The van der Waals surface area contributed by atoms with E-state index in [1.165, 1.54) is 23.2 Å². The summed E-state index contributed by atoms with van der Waals surface area (Å²) >= 11 is 0. The van der Waals surface area contributed by atoms with Gasteiger partial charge in [0, 0.05) is 17.3 Å². The molecule has 1 fully saturated rings. The van der Waals surface area contributed by atoms with Gasteiger partial charge in [0.2, 0.25) is 0 Å². The number of aromatic nitrogens is 1. The molecule has 21 heavy (non-hydrogen) atoms. The maximum absolute atomic E-state index is 13.4. The number of pyridine rings is 1. The predicted octanol–water partition coefficient (Wildman–Crippen LogP) is 1.75. The third-order valence-electron chi connectivity index (χ3n) is 3.60. The minimum atomic E-state index is -3.17. The molecule has 2 heterocycles. The second kappa shape index (κ2) is 4.63. The molecule has 1 aromatic heterocycles. The smallest absolute Gasteiger partial charge is 0.336 e. The normalized spacial score (nSPS) is 20.9. The predicted molar refractivity (Wildman–Crippen MR) is 71.9 cm³/mol. The molecule has 0 amide bonds. The molecule has 1 aromatic carbocycles. The lowest BCUT2D eigenvalue weighted by Gasteiger charge is -2.18. The fourth-order valence-electron chi connectivity index (χ4n) is 2.48. The summed E-state index contributed by atoms with van der Waals surface area (Å²) in [6.07, 6.45) is -0.333. The van der Waals surface area contributed by atoms with Gasteiger partial charge in [-0.1, -0.05) is 0 Å². The van der Waals surface area contributed by atoms with Crippen molar-refractivity contribution in [2.24, 2.45) is 0 Å². The van der Waals surface area contributed by atoms with Crippen molar-refractivity contribution in [3.63, 3.8) is 0 Å². The van der Waals surface area contributed by atoms with Gasteiger partial charge in [-0.2, -0.15) is 0 Å². The van der Waals surface area contributed by atoms with Crippen molar-refractivity contribution in [1.29, 1.82) is 0 Å². The minimum absolute atomic E-state index is 0.0633. The number of carboxylic acids is 1. The maximum Gasteiger partial charge on any atom is 0.336 e. The number of alkyl halides is 2. The SMILES string of the molecule is O=C(O)c1ccnc2ccc(N3CC(O)C(F)(F)C3)cc12. The number of rotatable bonds is 2.